The summed E-state index contributed by atoms with van der Waals surface area (Å²) in [6.45, 7) is 0. The summed E-state index contributed by atoms with van der Waals surface area (Å²) in [6, 6.07) is 0. The van der Waals surface area contributed by atoms with Crippen LogP contribution in [0.3, 0.4) is 0 Å². The maximum atomic E-state index is 9.72. The van der Waals surface area contributed by atoms with Gasteiger partial charge >= 0.3 is 11.9 Å². The number of rotatable bonds is 3. The van der Waals surface area contributed by atoms with Crippen LogP contribution in [0, 0.1) is 0 Å². The molecule has 0 bridgehead atoms. The number of aliphatic hydroxyl groups excluding tert-OH is 1. The van der Waals surface area contributed by atoms with E-state index in [1.807, 2.05) is 0 Å². The smallest absolute Gasteiger partial charge is 0.333 e. The van der Waals surface area contributed by atoms with Crippen LogP contribution in [0.2, 0.25) is 0 Å². The van der Waals surface area contributed by atoms with E-state index in [2.05, 4.69) is 0 Å². The Morgan fingerprint density at radius 1 is 1.27 bits per heavy atom. The van der Waals surface area contributed by atoms with Crippen LogP contribution >= 0.6 is 0 Å². The first-order valence-electron chi connectivity index (χ1n) is 2.16. The topological polar surface area (TPSA) is 130 Å². The molecule has 0 saturated heterocycles. The normalized spacial score (nSPS) is 10.3. The number of carboxylic acid groups (broad SMARTS) is 2. The molecular weight excluding hydrogens is 233 g/mol. The van der Waals surface area contributed by atoms with E-state index >= 15 is 0 Å². The van der Waals surface area contributed by atoms with Crippen LogP contribution in [-0.4, -0.2) is 33.4 Å². The SMILES string of the molecule is N.O=C(O)CC(O)C(=O)O.[Zr]. The predicted molar refractivity (Wildman–Crippen MR) is 30.9 cm³/mol. The third kappa shape index (κ3) is 9.74. The molecule has 0 aromatic rings. The molecule has 0 saturated carbocycles. The molecule has 6 N–H and O–H groups in total. The van der Waals surface area contributed by atoms with Gasteiger partial charge in [-0.15, -0.1) is 0 Å². The van der Waals surface area contributed by atoms with Crippen molar-refractivity contribution in [3.8, 4) is 0 Å². The summed E-state index contributed by atoms with van der Waals surface area (Å²) >= 11 is 0. The van der Waals surface area contributed by atoms with Crippen LogP contribution in [0.5, 0.6) is 0 Å². The molecule has 64 valence electrons. The van der Waals surface area contributed by atoms with Crippen molar-refractivity contribution in [3.05, 3.63) is 0 Å². The fourth-order valence-electron chi connectivity index (χ4n) is 0.253. The molecule has 0 aromatic carbocycles. The first kappa shape index (κ1) is 17.0. The van der Waals surface area contributed by atoms with Crippen molar-refractivity contribution in [2.75, 3.05) is 0 Å². The van der Waals surface area contributed by atoms with Crippen molar-refractivity contribution in [3.63, 3.8) is 0 Å². The molecule has 1 unspecified atom stereocenters. The molecule has 11 heavy (non-hydrogen) atoms. The maximum absolute atomic E-state index is 9.72. The predicted octanol–water partition coefficient (Wildman–Crippen LogP) is -0.934. The van der Waals surface area contributed by atoms with Gasteiger partial charge in [-0.25, -0.2) is 4.79 Å². The Morgan fingerprint density at radius 2 is 1.64 bits per heavy atom. The zero-order valence-electron chi connectivity index (χ0n) is 5.65. The fraction of sp³-hybridized carbons (Fsp3) is 0.500. The standard InChI is InChI=1S/C4H6O5.H3N.Zr/c5-2(4(8)9)1-3(6)7;;/h2,5H,1H2,(H,6,7)(H,8,9);1H3;. The van der Waals surface area contributed by atoms with Gasteiger partial charge in [-0.05, 0) is 0 Å². The summed E-state index contributed by atoms with van der Waals surface area (Å²) in [5.41, 5.74) is 0. The van der Waals surface area contributed by atoms with Gasteiger partial charge in [0.1, 0.15) is 0 Å². The largest absolute Gasteiger partial charge is 0.481 e. The third-order valence-corrected chi connectivity index (χ3v) is 0.653. The van der Waals surface area contributed by atoms with Crippen LogP contribution in [-0.2, 0) is 35.8 Å². The minimum absolute atomic E-state index is 0. The van der Waals surface area contributed by atoms with Gasteiger partial charge in [0.15, 0.2) is 6.10 Å². The Kier molecular flexibility index (Phi) is 12.1. The van der Waals surface area contributed by atoms with Gasteiger partial charge in [-0.3, -0.25) is 4.79 Å². The van der Waals surface area contributed by atoms with E-state index in [9.17, 15) is 9.59 Å². The number of carbonyl (C=O) groups is 2. The van der Waals surface area contributed by atoms with Crippen molar-refractivity contribution in [1.82, 2.24) is 6.15 Å². The van der Waals surface area contributed by atoms with Crippen LogP contribution < -0.4 is 6.15 Å². The molecule has 0 fully saturated rings. The summed E-state index contributed by atoms with van der Waals surface area (Å²) in [4.78, 5) is 19.4. The van der Waals surface area contributed by atoms with Gasteiger partial charge in [0.05, 0.1) is 6.42 Å². The molecule has 0 spiro atoms. The van der Waals surface area contributed by atoms with Gasteiger partial charge in [0.25, 0.3) is 0 Å². The quantitative estimate of drug-likeness (QED) is 0.505. The van der Waals surface area contributed by atoms with Gasteiger partial charge in [0, 0.05) is 26.2 Å². The monoisotopic (exact) mass is 241 g/mol. The number of hydrogen-bond acceptors (Lipinski definition) is 4. The molecule has 0 radical (unpaired) electrons. The zero-order chi connectivity index (χ0) is 7.44. The summed E-state index contributed by atoms with van der Waals surface area (Å²) in [5, 5.41) is 24.1. The number of aliphatic carboxylic acids is 2. The summed E-state index contributed by atoms with van der Waals surface area (Å²) in [7, 11) is 0. The van der Waals surface area contributed by atoms with E-state index < -0.39 is 24.5 Å². The second kappa shape index (κ2) is 7.85. The van der Waals surface area contributed by atoms with Crippen LogP contribution in [0.1, 0.15) is 6.42 Å². The second-order valence-corrected chi connectivity index (χ2v) is 1.45. The third-order valence-electron chi connectivity index (χ3n) is 0.653. The molecule has 0 heterocycles. The average Bonchev–Trinajstić information content (AvgIpc) is 1.63. The summed E-state index contributed by atoms with van der Waals surface area (Å²) in [6.07, 6.45) is -2.54. The Labute approximate surface area is 81.9 Å². The van der Waals surface area contributed by atoms with E-state index in [1.54, 1.807) is 0 Å². The van der Waals surface area contributed by atoms with Crippen LogP contribution in [0.25, 0.3) is 0 Å². The van der Waals surface area contributed by atoms with E-state index in [-0.39, 0.29) is 32.4 Å². The summed E-state index contributed by atoms with van der Waals surface area (Å²) < 4.78 is 0. The molecule has 0 aromatic heterocycles. The molecule has 1 atom stereocenters. The fourth-order valence-corrected chi connectivity index (χ4v) is 0.253. The molecule has 0 amide bonds. The molecule has 0 aliphatic heterocycles. The van der Waals surface area contributed by atoms with Gasteiger partial charge < -0.3 is 21.5 Å². The molecule has 0 rings (SSSR count). The van der Waals surface area contributed by atoms with E-state index in [1.165, 1.54) is 0 Å². The van der Waals surface area contributed by atoms with Crippen molar-refractivity contribution in [2.45, 2.75) is 12.5 Å². The van der Waals surface area contributed by atoms with Crippen LogP contribution in [0.15, 0.2) is 0 Å². The van der Waals surface area contributed by atoms with Gasteiger partial charge in [-0.2, -0.15) is 0 Å². The Morgan fingerprint density at radius 3 is 1.73 bits per heavy atom. The van der Waals surface area contributed by atoms with Gasteiger partial charge in [-0.1, -0.05) is 0 Å². The minimum Gasteiger partial charge on any atom is -0.481 e. The van der Waals surface area contributed by atoms with Crippen molar-refractivity contribution in [2.24, 2.45) is 0 Å². The van der Waals surface area contributed by atoms with Crippen molar-refractivity contribution < 1.29 is 51.1 Å². The van der Waals surface area contributed by atoms with E-state index in [0.717, 1.165) is 0 Å². The van der Waals surface area contributed by atoms with Crippen molar-refractivity contribution >= 4 is 11.9 Å². The van der Waals surface area contributed by atoms with E-state index in [0.29, 0.717) is 0 Å². The number of carboxylic acids is 2. The van der Waals surface area contributed by atoms with E-state index in [4.69, 9.17) is 15.3 Å². The maximum Gasteiger partial charge on any atom is 0.333 e. The number of aliphatic hydroxyl groups is 1. The Bertz CT molecular complexity index is 138. The Hall–Kier alpha value is -0.257. The van der Waals surface area contributed by atoms with Crippen LogP contribution in [0.4, 0.5) is 0 Å². The first-order chi connectivity index (χ1) is 4.04. The molecule has 0 aliphatic carbocycles. The average molecular weight is 242 g/mol. The molecule has 6 nitrogen and oxygen atoms in total. The molecular formula is C4H9NO5Zr. The number of hydrogen-bond donors (Lipinski definition) is 4. The second-order valence-electron chi connectivity index (χ2n) is 1.45. The van der Waals surface area contributed by atoms with Gasteiger partial charge in [0.2, 0.25) is 0 Å². The zero-order valence-corrected chi connectivity index (χ0v) is 8.11. The summed E-state index contributed by atoms with van der Waals surface area (Å²) in [5.74, 6) is -2.85. The minimum atomic E-state index is -1.79. The molecule has 7 heteroatoms. The first-order valence-corrected chi connectivity index (χ1v) is 2.16. The Balaban J connectivity index is -0.000000320. The molecule has 0 aliphatic rings. The van der Waals surface area contributed by atoms with Crippen molar-refractivity contribution in [1.29, 1.82) is 0 Å².